The summed E-state index contributed by atoms with van der Waals surface area (Å²) in [7, 11) is 0. The van der Waals surface area contributed by atoms with Gasteiger partial charge in [0.1, 0.15) is 0 Å². The van der Waals surface area contributed by atoms with Crippen molar-refractivity contribution < 1.29 is 9.59 Å². The van der Waals surface area contributed by atoms with Gasteiger partial charge in [0.15, 0.2) is 0 Å². The highest BCUT2D eigenvalue weighted by molar-refractivity contribution is 5.96. The number of amides is 2. The molecule has 0 saturated carbocycles. The SMILES string of the molecule is Cc1cccc(CNC(=O)CNc2ccc(C)c(C(=O)NC(C)C)c2)c1. The summed E-state index contributed by atoms with van der Waals surface area (Å²) >= 11 is 0. The molecule has 5 heteroatoms. The summed E-state index contributed by atoms with van der Waals surface area (Å²) in [5.41, 5.74) is 4.50. The van der Waals surface area contributed by atoms with E-state index in [-0.39, 0.29) is 24.4 Å². The first-order valence-electron chi connectivity index (χ1n) is 8.83. The van der Waals surface area contributed by atoms with Crippen molar-refractivity contribution in [3.63, 3.8) is 0 Å². The normalized spacial score (nSPS) is 10.5. The molecular weight excluding hydrogens is 326 g/mol. The Hall–Kier alpha value is -2.82. The van der Waals surface area contributed by atoms with Crippen LogP contribution in [0, 0.1) is 13.8 Å². The Morgan fingerprint density at radius 2 is 1.81 bits per heavy atom. The van der Waals surface area contributed by atoms with Gasteiger partial charge < -0.3 is 16.0 Å². The predicted octanol–water partition coefficient (Wildman–Crippen LogP) is 3.17. The number of benzene rings is 2. The van der Waals surface area contributed by atoms with E-state index in [9.17, 15) is 9.59 Å². The summed E-state index contributed by atoms with van der Waals surface area (Å²) < 4.78 is 0. The van der Waals surface area contributed by atoms with E-state index in [1.807, 2.05) is 64.1 Å². The minimum absolute atomic E-state index is 0.0749. The molecule has 0 spiro atoms. The Bertz CT molecular complexity index is 785. The molecule has 2 rings (SSSR count). The molecule has 0 fully saturated rings. The molecular formula is C21H27N3O2. The maximum Gasteiger partial charge on any atom is 0.251 e. The number of anilines is 1. The Morgan fingerprint density at radius 3 is 2.50 bits per heavy atom. The van der Waals surface area contributed by atoms with Crippen LogP contribution in [-0.2, 0) is 11.3 Å². The van der Waals surface area contributed by atoms with Crippen molar-refractivity contribution in [2.45, 2.75) is 40.3 Å². The minimum atomic E-state index is -0.106. The lowest BCUT2D eigenvalue weighted by molar-refractivity contribution is -0.119. The highest BCUT2D eigenvalue weighted by Gasteiger charge is 2.11. The number of carbonyl (C=O) groups is 2. The third-order valence-electron chi connectivity index (χ3n) is 3.93. The molecule has 0 bridgehead atoms. The highest BCUT2D eigenvalue weighted by atomic mass is 16.2. The van der Waals surface area contributed by atoms with Gasteiger partial charge in [-0.25, -0.2) is 0 Å². The average molecular weight is 353 g/mol. The molecule has 0 saturated heterocycles. The molecule has 0 aliphatic carbocycles. The van der Waals surface area contributed by atoms with Crippen molar-refractivity contribution in [3.8, 4) is 0 Å². The van der Waals surface area contributed by atoms with E-state index in [0.29, 0.717) is 12.1 Å². The fourth-order valence-electron chi connectivity index (χ4n) is 2.58. The summed E-state index contributed by atoms with van der Waals surface area (Å²) in [6.45, 7) is 8.42. The first-order chi connectivity index (χ1) is 12.3. The van der Waals surface area contributed by atoms with Crippen LogP contribution < -0.4 is 16.0 Å². The zero-order chi connectivity index (χ0) is 19.1. The molecule has 0 unspecified atom stereocenters. The molecule has 3 N–H and O–H groups in total. The van der Waals surface area contributed by atoms with Gasteiger partial charge in [0, 0.05) is 23.8 Å². The van der Waals surface area contributed by atoms with Crippen LogP contribution in [-0.4, -0.2) is 24.4 Å². The van der Waals surface area contributed by atoms with Crippen LogP contribution >= 0.6 is 0 Å². The van der Waals surface area contributed by atoms with Crippen LogP contribution in [0.15, 0.2) is 42.5 Å². The van der Waals surface area contributed by atoms with Crippen LogP contribution in [0.5, 0.6) is 0 Å². The molecule has 2 amide bonds. The predicted molar refractivity (Wildman–Crippen MR) is 105 cm³/mol. The van der Waals surface area contributed by atoms with Crippen molar-refractivity contribution in [1.29, 1.82) is 0 Å². The zero-order valence-corrected chi connectivity index (χ0v) is 15.8. The van der Waals surface area contributed by atoms with Gasteiger partial charge in [0.2, 0.25) is 5.91 Å². The van der Waals surface area contributed by atoms with Crippen molar-refractivity contribution >= 4 is 17.5 Å². The van der Waals surface area contributed by atoms with Crippen LogP contribution in [0.4, 0.5) is 5.69 Å². The van der Waals surface area contributed by atoms with E-state index in [1.54, 1.807) is 6.07 Å². The van der Waals surface area contributed by atoms with E-state index in [0.717, 1.165) is 16.8 Å². The third-order valence-corrected chi connectivity index (χ3v) is 3.93. The quantitative estimate of drug-likeness (QED) is 0.716. The molecule has 26 heavy (non-hydrogen) atoms. The summed E-state index contributed by atoms with van der Waals surface area (Å²) in [5.74, 6) is -0.203. The standard InChI is InChI=1S/C21H27N3O2/c1-14(2)24-21(26)19-11-18(9-8-16(19)4)22-13-20(25)23-12-17-7-5-6-15(3)10-17/h5-11,14,22H,12-13H2,1-4H3,(H,23,25)(H,24,26). The molecule has 138 valence electrons. The Kier molecular flexibility index (Phi) is 6.78. The third kappa shape index (κ3) is 5.92. The van der Waals surface area contributed by atoms with Gasteiger partial charge in [-0.1, -0.05) is 35.9 Å². The smallest absolute Gasteiger partial charge is 0.251 e. The van der Waals surface area contributed by atoms with E-state index in [2.05, 4.69) is 16.0 Å². The minimum Gasteiger partial charge on any atom is -0.376 e. The summed E-state index contributed by atoms with van der Waals surface area (Å²) in [4.78, 5) is 24.3. The number of hydrogen-bond acceptors (Lipinski definition) is 3. The Balaban J connectivity index is 1.90. The maximum atomic E-state index is 12.2. The number of nitrogens with one attached hydrogen (secondary N) is 3. The number of rotatable bonds is 7. The van der Waals surface area contributed by atoms with E-state index >= 15 is 0 Å². The molecule has 0 heterocycles. The summed E-state index contributed by atoms with van der Waals surface area (Å²) in [6.07, 6.45) is 0. The second-order valence-electron chi connectivity index (χ2n) is 6.78. The molecule has 5 nitrogen and oxygen atoms in total. The van der Waals surface area contributed by atoms with Gasteiger partial charge in [0.25, 0.3) is 5.91 Å². The van der Waals surface area contributed by atoms with E-state index in [1.165, 1.54) is 5.56 Å². The lowest BCUT2D eigenvalue weighted by atomic mass is 10.1. The average Bonchev–Trinajstić information content (AvgIpc) is 2.58. The van der Waals surface area contributed by atoms with Gasteiger partial charge in [-0.15, -0.1) is 0 Å². The van der Waals surface area contributed by atoms with E-state index < -0.39 is 0 Å². The fourth-order valence-corrected chi connectivity index (χ4v) is 2.58. The molecule has 0 aliphatic heterocycles. The van der Waals surface area contributed by atoms with Gasteiger partial charge >= 0.3 is 0 Å². The van der Waals surface area contributed by atoms with Crippen LogP contribution in [0.2, 0.25) is 0 Å². The summed E-state index contributed by atoms with van der Waals surface area (Å²) in [5, 5.41) is 8.86. The molecule has 2 aromatic carbocycles. The second-order valence-corrected chi connectivity index (χ2v) is 6.78. The Morgan fingerprint density at radius 1 is 1.04 bits per heavy atom. The van der Waals surface area contributed by atoms with Gasteiger partial charge in [-0.2, -0.15) is 0 Å². The molecule has 2 aromatic rings. The molecule has 0 aliphatic rings. The molecule has 0 atom stereocenters. The fraction of sp³-hybridized carbons (Fsp3) is 0.333. The van der Waals surface area contributed by atoms with Crippen LogP contribution in [0.1, 0.15) is 40.9 Å². The zero-order valence-electron chi connectivity index (χ0n) is 15.8. The van der Waals surface area contributed by atoms with Crippen molar-refractivity contribution in [2.24, 2.45) is 0 Å². The summed E-state index contributed by atoms with van der Waals surface area (Å²) in [6, 6.07) is 13.6. The lowest BCUT2D eigenvalue weighted by Gasteiger charge is -2.13. The number of hydrogen-bond donors (Lipinski definition) is 3. The van der Waals surface area contributed by atoms with Crippen LogP contribution in [0.25, 0.3) is 0 Å². The van der Waals surface area contributed by atoms with Crippen LogP contribution in [0.3, 0.4) is 0 Å². The van der Waals surface area contributed by atoms with Gasteiger partial charge in [-0.3, -0.25) is 9.59 Å². The number of carbonyl (C=O) groups excluding carboxylic acids is 2. The molecule has 0 radical (unpaired) electrons. The Labute approximate surface area is 155 Å². The second kappa shape index (κ2) is 9.04. The maximum absolute atomic E-state index is 12.2. The highest BCUT2D eigenvalue weighted by Crippen LogP contribution is 2.15. The first-order valence-corrected chi connectivity index (χ1v) is 8.83. The number of aryl methyl sites for hydroxylation is 2. The topological polar surface area (TPSA) is 70.2 Å². The molecule has 0 aromatic heterocycles. The van der Waals surface area contributed by atoms with Crippen molar-refractivity contribution in [2.75, 3.05) is 11.9 Å². The van der Waals surface area contributed by atoms with E-state index in [4.69, 9.17) is 0 Å². The van der Waals surface area contributed by atoms with Crippen molar-refractivity contribution in [3.05, 3.63) is 64.7 Å². The monoisotopic (exact) mass is 353 g/mol. The first kappa shape index (κ1) is 19.5. The largest absolute Gasteiger partial charge is 0.376 e. The van der Waals surface area contributed by atoms with Gasteiger partial charge in [-0.05, 0) is 51.0 Å². The van der Waals surface area contributed by atoms with Gasteiger partial charge in [0.05, 0.1) is 6.54 Å². The van der Waals surface area contributed by atoms with Crippen molar-refractivity contribution in [1.82, 2.24) is 10.6 Å². The lowest BCUT2D eigenvalue weighted by Crippen LogP contribution is -2.31.